The van der Waals surface area contributed by atoms with E-state index in [1.165, 1.54) is 12.7 Å². The van der Waals surface area contributed by atoms with E-state index in [2.05, 4.69) is 17.0 Å². The van der Waals surface area contributed by atoms with Gasteiger partial charge >= 0.3 is 12.1 Å². The predicted octanol–water partition coefficient (Wildman–Crippen LogP) is 2.67. The third-order valence-corrected chi connectivity index (χ3v) is 5.14. The highest BCUT2D eigenvalue weighted by atomic mass is 16.6. The van der Waals surface area contributed by atoms with E-state index in [0.29, 0.717) is 6.54 Å². The van der Waals surface area contributed by atoms with E-state index in [0.717, 1.165) is 19.5 Å². The molecule has 0 saturated carbocycles. The summed E-state index contributed by atoms with van der Waals surface area (Å²) in [4.78, 5) is 29.0. The maximum atomic E-state index is 12.7. The van der Waals surface area contributed by atoms with Gasteiger partial charge in [-0.1, -0.05) is 30.3 Å². The van der Waals surface area contributed by atoms with E-state index in [4.69, 9.17) is 9.47 Å². The SMILES string of the molecule is COC(=O)[C@H]1C2CCN(Cc3ccccc3)[C@H]2CN1C(=O)OC(C)(C)C. The van der Waals surface area contributed by atoms with Crippen molar-refractivity contribution in [1.29, 1.82) is 0 Å². The Hall–Kier alpha value is -2.08. The molecule has 0 bridgehead atoms. The summed E-state index contributed by atoms with van der Waals surface area (Å²) in [5, 5.41) is 0. The molecule has 2 fully saturated rings. The van der Waals surface area contributed by atoms with Gasteiger partial charge in [-0.3, -0.25) is 9.80 Å². The average molecular weight is 360 g/mol. The first-order valence-corrected chi connectivity index (χ1v) is 9.15. The molecule has 2 heterocycles. The highest BCUT2D eigenvalue weighted by Gasteiger charge is 2.53. The fourth-order valence-corrected chi connectivity index (χ4v) is 4.05. The Morgan fingerprint density at radius 3 is 2.50 bits per heavy atom. The second-order valence-electron chi connectivity index (χ2n) is 8.08. The molecule has 6 heteroatoms. The number of rotatable bonds is 3. The number of benzene rings is 1. The average Bonchev–Trinajstić information content (AvgIpc) is 3.13. The van der Waals surface area contributed by atoms with Crippen LogP contribution in [0.1, 0.15) is 32.8 Å². The third-order valence-electron chi connectivity index (χ3n) is 5.14. The minimum Gasteiger partial charge on any atom is -0.467 e. The predicted molar refractivity (Wildman–Crippen MR) is 97.5 cm³/mol. The van der Waals surface area contributed by atoms with Crippen molar-refractivity contribution in [3.63, 3.8) is 0 Å². The maximum absolute atomic E-state index is 12.7. The number of likely N-dealkylation sites (tertiary alicyclic amines) is 2. The maximum Gasteiger partial charge on any atom is 0.411 e. The Labute approximate surface area is 155 Å². The first-order valence-electron chi connectivity index (χ1n) is 9.15. The van der Waals surface area contributed by atoms with Gasteiger partial charge in [0.05, 0.1) is 7.11 Å². The molecule has 1 aromatic rings. The van der Waals surface area contributed by atoms with E-state index in [-0.39, 0.29) is 17.9 Å². The summed E-state index contributed by atoms with van der Waals surface area (Å²) < 4.78 is 10.5. The van der Waals surface area contributed by atoms with Crippen molar-refractivity contribution >= 4 is 12.1 Å². The van der Waals surface area contributed by atoms with Crippen LogP contribution in [0.15, 0.2) is 30.3 Å². The van der Waals surface area contributed by atoms with Crippen molar-refractivity contribution in [2.45, 2.75) is 51.4 Å². The molecule has 1 aromatic carbocycles. The van der Waals surface area contributed by atoms with E-state index < -0.39 is 17.7 Å². The minimum absolute atomic E-state index is 0.0821. The number of hydrogen-bond acceptors (Lipinski definition) is 5. The summed E-state index contributed by atoms with van der Waals surface area (Å²) in [6, 6.07) is 9.84. The number of carbonyl (C=O) groups is 2. The standard InChI is InChI=1S/C20H28N2O4/c1-20(2,3)26-19(24)22-13-16-15(17(22)18(23)25-4)10-11-21(16)12-14-8-6-5-7-9-14/h5-9,15-17H,10-13H2,1-4H3/t15?,16-,17+/m0/s1. The largest absolute Gasteiger partial charge is 0.467 e. The topological polar surface area (TPSA) is 59.1 Å². The van der Waals surface area contributed by atoms with Crippen molar-refractivity contribution in [1.82, 2.24) is 9.80 Å². The fraction of sp³-hybridized carbons (Fsp3) is 0.600. The second-order valence-corrected chi connectivity index (χ2v) is 8.08. The van der Waals surface area contributed by atoms with E-state index in [1.54, 1.807) is 4.90 Å². The second kappa shape index (κ2) is 7.27. The molecule has 3 rings (SSSR count). The molecule has 2 aliphatic rings. The molecule has 0 aromatic heterocycles. The van der Waals surface area contributed by atoms with Gasteiger partial charge in [-0.25, -0.2) is 9.59 Å². The fourth-order valence-electron chi connectivity index (χ4n) is 4.05. The molecular formula is C20H28N2O4. The molecule has 3 atom stereocenters. The van der Waals surface area contributed by atoms with Crippen LogP contribution in [0.5, 0.6) is 0 Å². The summed E-state index contributed by atoms with van der Waals surface area (Å²) in [5.41, 5.74) is 0.637. The molecule has 26 heavy (non-hydrogen) atoms. The number of esters is 1. The Morgan fingerprint density at radius 1 is 1.19 bits per heavy atom. The van der Waals surface area contributed by atoms with Gasteiger partial charge in [0.1, 0.15) is 11.6 Å². The van der Waals surface area contributed by atoms with Gasteiger partial charge in [-0.05, 0) is 39.3 Å². The normalized spacial score (nSPS) is 25.8. The summed E-state index contributed by atoms with van der Waals surface area (Å²) in [7, 11) is 1.37. The van der Waals surface area contributed by atoms with Gasteiger partial charge < -0.3 is 9.47 Å². The number of hydrogen-bond donors (Lipinski definition) is 0. The van der Waals surface area contributed by atoms with Crippen LogP contribution >= 0.6 is 0 Å². The lowest BCUT2D eigenvalue weighted by atomic mass is 9.96. The Balaban J connectivity index is 1.78. The lowest BCUT2D eigenvalue weighted by Gasteiger charge is -2.29. The van der Waals surface area contributed by atoms with Crippen LogP contribution in [0, 0.1) is 5.92 Å². The van der Waals surface area contributed by atoms with Crippen LogP contribution in [-0.4, -0.2) is 59.7 Å². The van der Waals surface area contributed by atoms with Crippen molar-refractivity contribution in [2.24, 2.45) is 5.92 Å². The van der Waals surface area contributed by atoms with Gasteiger partial charge in [-0.2, -0.15) is 0 Å². The molecule has 142 valence electrons. The van der Waals surface area contributed by atoms with Gasteiger partial charge in [0.25, 0.3) is 0 Å². The molecule has 1 unspecified atom stereocenters. The number of carbonyl (C=O) groups excluding carboxylic acids is 2. The summed E-state index contributed by atoms with van der Waals surface area (Å²) >= 11 is 0. The highest BCUT2D eigenvalue weighted by molar-refractivity contribution is 5.83. The molecule has 2 saturated heterocycles. The van der Waals surface area contributed by atoms with Gasteiger partial charge in [0.2, 0.25) is 0 Å². The number of ether oxygens (including phenoxy) is 2. The molecule has 0 radical (unpaired) electrons. The first-order chi connectivity index (χ1) is 12.3. The van der Waals surface area contributed by atoms with Gasteiger partial charge in [0.15, 0.2) is 0 Å². The zero-order valence-corrected chi connectivity index (χ0v) is 16.0. The molecule has 0 aliphatic carbocycles. The third kappa shape index (κ3) is 3.85. The van der Waals surface area contributed by atoms with Gasteiger partial charge in [-0.15, -0.1) is 0 Å². The van der Waals surface area contributed by atoms with Crippen LogP contribution in [0.2, 0.25) is 0 Å². The molecule has 0 N–H and O–H groups in total. The van der Waals surface area contributed by atoms with Crippen LogP contribution in [0.3, 0.4) is 0 Å². The van der Waals surface area contributed by atoms with Crippen molar-refractivity contribution < 1.29 is 19.1 Å². The highest BCUT2D eigenvalue weighted by Crippen LogP contribution is 2.38. The minimum atomic E-state index is -0.598. The van der Waals surface area contributed by atoms with Crippen molar-refractivity contribution in [2.75, 3.05) is 20.2 Å². The quantitative estimate of drug-likeness (QED) is 0.776. The molecule has 1 amide bonds. The Kier molecular flexibility index (Phi) is 5.23. The lowest BCUT2D eigenvalue weighted by Crippen LogP contribution is -2.46. The van der Waals surface area contributed by atoms with E-state index in [9.17, 15) is 9.59 Å². The van der Waals surface area contributed by atoms with Crippen LogP contribution < -0.4 is 0 Å². The Morgan fingerprint density at radius 2 is 1.88 bits per heavy atom. The lowest BCUT2D eigenvalue weighted by molar-refractivity contribution is -0.147. The number of nitrogens with zero attached hydrogens (tertiary/aromatic N) is 2. The summed E-state index contributed by atoms with van der Waals surface area (Å²) in [6.07, 6.45) is 0.429. The number of amides is 1. The molecular weight excluding hydrogens is 332 g/mol. The van der Waals surface area contributed by atoms with Crippen LogP contribution in [0.4, 0.5) is 4.79 Å². The molecule has 6 nitrogen and oxygen atoms in total. The summed E-state index contributed by atoms with van der Waals surface area (Å²) in [5.74, 6) is -0.274. The summed E-state index contributed by atoms with van der Waals surface area (Å²) in [6.45, 7) is 7.72. The number of fused-ring (bicyclic) bond motifs is 1. The monoisotopic (exact) mass is 360 g/mol. The molecule has 2 aliphatic heterocycles. The number of methoxy groups -OCH3 is 1. The smallest absolute Gasteiger partial charge is 0.411 e. The van der Waals surface area contributed by atoms with Crippen LogP contribution in [0.25, 0.3) is 0 Å². The van der Waals surface area contributed by atoms with E-state index >= 15 is 0 Å². The molecule has 0 spiro atoms. The van der Waals surface area contributed by atoms with Crippen molar-refractivity contribution in [3.05, 3.63) is 35.9 Å². The zero-order valence-electron chi connectivity index (χ0n) is 16.0. The van der Waals surface area contributed by atoms with Gasteiger partial charge in [0, 0.05) is 25.0 Å². The Bertz CT molecular complexity index is 656. The van der Waals surface area contributed by atoms with Crippen LogP contribution in [-0.2, 0) is 20.8 Å². The first kappa shape index (κ1) is 18.7. The zero-order chi connectivity index (χ0) is 18.9. The van der Waals surface area contributed by atoms with Crippen molar-refractivity contribution in [3.8, 4) is 0 Å². The van der Waals surface area contributed by atoms with E-state index in [1.807, 2.05) is 39.0 Å².